The third-order valence-corrected chi connectivity index (χ3v) is 10.0. The summed E-state index contributed by atoms with van der Waals surface area (Å²) in [6.45, 7) is 5.59. The molecule has 3 N–H and O–H groups in total. The van der Waals surface area contributed by atoms with Crippen molar-refractivity contribution in [1.29, 1.82) is 0 Å². The number of aliphatic hydroxyl groups is 1. The van der Waals surface area contributed by atoms with Gasteiger partial charge in [0.05, 0.1) is 59.5 Å². The van der Waals surface area contributed by atoms with Gasteiger partial charge in [-0.25, -0.2) is 15.0 Å². The van der Waals surface area contributed by atoms with E-state index in [9.17, 15) is 9.90 Å². The van der Waals surface area contributed by atoms with Crippen molar-refractivity contribution in [3.8, 4) is 0 Å². The Bertz CT molecular complexity index is 1410. The van der Waals surface area contributed by atoms with Crippen molar-refractivity contribution in [2.45, 2.75) is 66.8 Å². The Morgan fingerprint density at radius 2 is 1.92 bits per heavy atom. The first-order valence-electron chi connectivity index (χ1n) is 13.4. The van der Waals surface area contributed by atoms with E-state index in [4.69, 9.17) is 26.8 Å². The maximum Gasteiger partial charge on any atom is 0.262 e. The molecule has 3 aliphatic heterocycles. The van der Waals surface area contributed by atoms with E-state index in [-0.39, 0.29) is 29.7 Å². The lowest BCUT2D eigenvalue weighted by Crippen LogP contribution is -2.50. The molecule has 10 nitrogen and oxygen atoms in total. The molecule has 0 bridgehead atoms. The zero-order valence-electron chi connectivity index (χ0n) is 21.9. The normalized spacial score (nSPS) is 24.5. The second-order valence-corrected chi connectivity index (χ2v) is 12.4. The summed E-state index contributed by atoms with van der Waals surface area (Å²) in [5.74, 6) is 0.831. The smallest absolute Gasteiger partial charge is 0.262 e. The number of rotatable bonds is 5. The van der Waals surface area contributed by atoms with Crippen LogP contribution in [0.25, 0.3) is 10.9 Å². The van der Waals surface area contributed by atoms with Crippen molar-refractivity contribution in [1.82, 2.24) is 19.5 Å². The second-order valence-electron chi connectivity index (χ2n) is 11.0. The number of anilines is 1. The van der Waals surface area contributed by atoms with Crippen LogP contribution in [-0.4, -0.2) is 75.3 Å². The van der Waals surface area contributed by atoms with Crippen molar-refractivity contribution < 1.29 is 14.6 Å². The molecule has 1 aromatic carbocycles. The van der Waals surface area contributed by atoms with Crippen molar-refractivity contribution in [2.24, 2.45) is 11.1 Å². The summed E-state index contributed by atoms with van der Waals surface area (Å²) in [5, 5.41) is 12.2. The van der Waals surface area contributed by atoms with E-state index < -0.39 is 5.60 Å². The Morgan fingerprint density at radius 1 is 1.15 bits per heavy atom. The molecular formula is C27H33ClN6O4S. The summed E-state index contributed by atoms with van der Waals surface area (Å²) in [6, 6.07) is 3.69. The minimum absolute atomic E-state index is 0.0575. The van der Waals surface area contributed by atoms with Crippen LogP contribution in [0.1, 0.15) is 32.6 Å². The Balaban J connectivity index is 1.17. The van der Waals surface area contributed by atoms with Crippen LogP contribution < -0.4 is 16.2 Å². The highest BCUT2D eigenvalue weighted by molar-refractivity contribution is 7.99. The quantitative estimate of drug-likeness (QED) is 0.471. The number of hydrogen-bond acceptors (Lipinski definition) is 10. The highest BCUT2D eigenvalue weighted by Gasteiger charge is 2.47. The number of fused-ring (bicyclic) bond motifs is 1. The number of nitrogens with zero attached hydrogens (tertiary/aromatic N) is 5. The molecule has 3 fully saturated rings. The van der Waals surface area contributed by atoms with Gasteiger partial charge < -0.3 is 25.2 Å². The molecule has 0 radical (unpaired) electrons. The first-order valence-corrected chi connectivity index (χ1v) is 14.6. The van der Waals surface area contributed by atoms with E-state index in [1.54, 1.807) is 18.5 Å². The average molecular weight is 573 g/mol. The number of nitrogens with two attached hydrogens (primary N) is 1. The van der Waals surface area contributed by atoms with Gasteiger partial charge in [-0.15, -0.1) is 0 Å². The zero-order chi connectivity index (χ0) is 27.2. The summed E-state index contributed by atoms with van der Waals surface area (Å²) < 4.78 is 12.6. The highest BCUT2D eigenvalue weighted by Crippen LogP contribution is 2.42. The average Bonchev–Trinajstić information content (AvgIpc) is 3.21. The molecule has 2 aromatic heterocycles. The van der Waals surface area contributed by atoms with Crippen LogP contribution in [0.4, 0.5) is 5.82 Å². The van der Waals surface area contributed by atoms with Gasteiger partial charge in [-0.05, 0) is 31.9 Å². The lowest BCUT2D eigenvalue weighted by atomic mass is 9.73. The molecule has 12 heteroatoms. The summed E-state index contributed by atoms with van der Waals surface area (Å²) in [4.78, 5) is 30.0. The fourth-order valence-electron chi connectivity index (χ4n) is 5.90. The molecule has 1 spiro atoms. The van der Waals surface area contributed by atoms with Gasteiger partial charge in [0.2, 0.25) is 0 Å². The van der Waals surface area contributed by atoms with Crippen molar-refractivity contribution >= 4 is 40.1 Å². The minimum Gasteiger partial charge on any atom is -0.388 e. The SMILES string of the molecule is C[C@@H]1OCC2(CCN(c3cnc(Sc4ccc5ncn(CC6(O)CCOCC6)c(=O)c5c4Cl)cn3)CC2)[C@@H]1N. The molecule has 6 rings (SSSR count). The third kappa shape index (κ3) is 5.16. The van der Waals surface area contributed by atoms with Gasteiger partial charge in [0.15, 0.2) is 0 Å². The van der Waals surface area contributed by atoms with E-state index in [0.29, 0.717) is 51.9 Å². The number of benzene rings is 1. The van der Waals surface area contributed by atoms with Crippen LogP contribution in [0.3, 0.4) is 0 Å². The third-order valence-electron chi connectivity index (χ3n) is 8.54. The lowest BCUT2D eigenvalue weighted by Gasteiger charge is -2.41. The Kier molecular flexibility index (Phi) is 7.32. The van der Waals surface area contributed by atoms with Crippen molar-refractivity contribution in [3.05, 3.63) is 46.2 Å². The molecule has 2 atom stereocenters. The Morgan fingerprint density at radius 3 is 2.59 bits per heavy atom. The van der Waals surface area contributed by atoms with E-state index in [1.165, 1.54) is 22.7 Å². The molecule has 0 unspecified atom stereocenters. The van der Waals surface area contributed by atoms with Gasteiger partial charge in [-0.3, -0.25) is 9.36 Å². The van der Waals surface area contributed by atoms with E-state index in [1.807, 2.05) is 6.07 Å². The fourth-order valence-corrected chi connectivity index (χ4v) is 7.02. The largest absolute Gasteiger partial charge is 0.388 e. The zero-order valence-corrected chi connectivity index (χ0v) is 23.5. The Labute approximate surface area is 235 Å². The van der Waals surface area contributed by atoms with Crippen LogP contribution in [0, 0.1) is 5.41 Å². The molecule has 3 saturated heterocycles. The van der Waals surface area contributed by atoms with Gasteiger partial charge >= 0.3 is 0 Å². The van der Waals surface area contributed by atoms with Gasteiger partial charge in [-0.1, -0.05) is 23.4 Å². The maximum absolute atomic E-state index is 13.4. The standard InChI is InChI=1S/C27H33ClN6O4S/c1-17-24(29)26(15-38-17)4-8-33(9-5-26)20-12-31-21(13-30-20)39-19-3-2-18-22(23(19)28)25(35)34(16-32-18)14-27(36)6-10-37-11-7-27/h2-3,12-13,16-17,24,36H,4-11,14-15,29H2,1H3/t17-,24+/m0/s1. The topological polar surface area (TPSA) is 129 Å². The monoisotopic (exact) mass is 572 g/mol. The van der Waals surface area contributed by atoms with Gasteiger partial charge in [0, 0.05) is 55.5 Å². The fraction of sp³-hybridized carbons (Fsp3) is 0.556. The number of piperidine rings is 1. The van der Waals surface area contributed by atoms with Crippen molar-refractivity contribution in [2.75, 3.05) is 37.8 Å². The summed E-state index contributed by atoms with van der Waals surface area (Å²) in [6.07, 6.45) is 7.98. The Hall–Kier alpha value is -2.28. The van der Waals surface area contributed by atoms with Crippen LogP contribution in [0.15, 0.2) is 45.6 Å². The highest BCUT2D eigenvalue weighted by atomic mass is 35.5. The van der Waals surface area contributed by atoms with E-state index in [2.05, 4.69) is 26.8 Å². The van der Waals surface area contributed by atoms with Crippen LogP contribution in [-0.2, 0) is 16.0 Å². The summed E-state index contributed by atoms with van der Waals surface area (Å²) in [7, 11) is 0. The van der Waals surface area contributed by atoms with Crippen LogP contribution in [0.2, 0.25) is 5.02 Å². The van der Waals surface area contributed by atoms with E-state index >= 15 is 0 Å². The van der Waals surface area contributed by atoms with Gasteiger partial charge in [-0.2, -0.15) is 0 Å². The van der Waals surface area contributed by atoms with Crippen LogP contribution in [0.5, 0.6) is 0 Å². The molecule has 3 aliphatic rings. The van der Waals surface area contributed by atoms with Gasteiger partial charge in [0.1, 0.15) is 10.8 Å². The van der Waals surface area contributed by atoms with Gasteiger partial charge in [0.25, 0.3) is 5.56 Å². The molecule has 0 amide bonds. The molecule has 0 saturated carbocycles. The number of hydrogen-bond donors (Lipinski definition) is 2. The molecule has 3 aromatic rings. The molecule has 39 heavy (non-hydrogen) atoms. The van der Waals surface area contributed by atoms with Crippen molar-refractivity contribution in [3.63, 3.8) is 0 Å². The molecule has 0 aliphatic carbocycles. The van der Waals surface area contributed by atoms with Crippen LogP contribution >= 0.6 is 23.4 Å². The first kappa shape index (κ1) is 26.9. The minimum atomic E-state index is -1.00. The number of halogens is 1. The first-order chi connectivity index (χ1) is 18.8. The number of aromatic nitrogens is 4. The molecular weight excluding hydrogens is 540 g/mol. The second kappa shape index (κ2) is 10.6. The molecule has 208 valence electrons. The summed E-state index contributed by atoms with van der Waals surface area (Å²) >= 11 is 8.10. The lowest BCUT2D eigenvalue weighted by molar-refractivity contribution is -0.0733. The number of ether oxygens (including phenoxy) is 2. The molecule has 5 heterocycles. The predicted molar refractivity (Wildman–Crippen MR) is 149 cm³/mol. The maximum atomic E-state index is 13.4. The predicted octanol–water partition coefficient (Wildman–Crippen LogP) is 2.87. The van der Waals surface area contributed by atoms with E-state index in [0.717, 1.165) is 38.4 Å². The summed E-state index contributed by atoms with van der Waals surface area (Å²) in [5.41, 5.74) is 5.74.